The molecule has 2 unspecified atom stereocenters. The first-order valence-electron chi connectivity index (χ1n) is 4.79. The average molecular weight is 186 g/mol. The predicted octanol–water partition coefficient (Wildman–Crippen LogP) is 0.0173. The van der Waals surface area contributed by atoms with E-state index in [0.29, 0.717) is 6.54 Å². The number of amides is 1. The molecule has 1 saturated heterocycles. The first-order valence-corrected chi connectivity index (χ1v) is 4.79. The molecule has 0 aromatic carbocycles. The summed E-state index contributed by atoms with van der Waals surface area (Å²) >= 11 is 0. The van der Waals surface area contributed by atoms with Crippen LogP contribution in [0.2, 0.25) is 0 Å². The molecule has 0 saturated carbocycles. The van der Waals surface area contributed by atoms with Gasteiger partial charge < -0.3 is 15.8 Å². The Labute approximate surface area is 78.8 Å². The summed E-state index contributed by atoms with van der Waals surface area (Å²) in [6.45, 7) is 4.38. The quantitative estimate of drug-likeness (QED) is 0.653. The van der Waals surface area contributed by atoms with Crippen molar-refractivity contribution in [3.8, 4) is 0 Å². The Bertz CT molecular complexity index is 182. The van der Waals surface area contributed by atoms with Gasteiger partial charge in [0.25, 0.3) is 0 Å². The highest BCUT2D eigenvalue weighted by Gasteiger charge is 2.29. The third-order valence-electron chi connectivity index (χ3n) is 2.09. The maximum atomic E-state index is 11.4. The van der Waals surface area contributed by atoms with Gasteiger partial charge in [-0.3, -0.25) is 4.79 Å². The molecule has 4 nitrogen and oxygen atoms in total. The van der Waals surface area contributed by atoms with Crippen molar-refractivity contribution in [3.05, 3.63) is 0 Å². The van der Waals surface area contributed by atoms with Crippen LogP contribution in [0.4, 0.5) is 0 Å². The molecule has 2 atom stereocenters. The van der Waals surface area contributed by atoms with Crippen LogP contribution in [0.5, 0.6) is 0 Å². The van der Waals surface area contributed by atoms with Crippen molar-refractivity contribution >= 4 is 5.91 Å². The summed E-state index contributed by atoms with van der Waals surface area (Å²) in [5.41, 5.74) is 5.44. The molecular weight excluding hydrogens is 168 g/mol. The van der Waals surface area contributed by atoms with Crippen molar-refractivity contribution in [1.82, 2.24) is 5.32 Å². The Morgan fingerprint density at radius 1 is 1.62 bits per heavy atom. The second-order valence-electron chi connectivity index (χ2n) is 3.72. The lowest BCUT2D eigenvalue weighted by molar-refractivity contribution is -0.132. The summed E-state index contributed by atoms with van der Waals surface area (Å²) in [5, 5.41) is 2.82. The predicted molar refractivity (Wildman–Crippen MR) is 50.2 cm³/mol. The van der Waals surface area contributed by atoms with Gasteiger partial charge in [-0.05, 0) is 26.7 Å². The van der Waals surface area contributed by atoms with Gasteiger partial charge in [0.1, 0.15) is 6.10 Å². The molecule has 13 heavy (non-hydrogen) atoms. The summed E-state index contributed by atoms with van der Waals surface area (Å²) < 4.78 is 5.44. The lowest BCUT2D eigenvalue weighted by Crippen LogP contribution is -2.39. The zero-order chi connectivity index (χ0) is 9.84. The van der Waals surface area contributed by atoms with Crippen LogP contribution in [0.15, 0.2) is 0 Å². The van der Waals surface area contributed by atoms with E-state index in [2.05, 4.69) is 5.32 Å². The summed E-state index contributed by atoms with van der Waals surface area (Å²) in [5.74, 6) is -0.00838. The van der Waals surface area contributed by atoms with Gasteiger partial charge in [-0.25, -0.2) is 0 Å². The van der Waals surface area contributed by atoms with Crippen LogP contribution in [-0.4, -0.2) is 30.7 Å². The molecule has 1 aliphatic heterocycles. The van der Waals surface area contributed by atoms with Gasteiger partial charge >= 0.3 is 0 Å². The van der Waals surface area contributed by atoms with E-state index >= 15 is 0 Å². The SMILES string of the molecule is CC(C)NC(=O)C1CCC(CN)O1. The van der Waals surface area contributed by atoms with Crippen molar-refractivity contribution in [3.63, 3.8) is 0 Å². The summed E-state index contributed by atoms with van der Waals surface area (Å²) in [7, 11) is 0. The minimum atomic E-state index is -0.282. The number of ether oxygens (including phenoxy) is 1. The standard InChI is InChI=1S/C9H18N2O2/c1-6(2)11-9(12)8-4-3-7(5-10)13-8/h6-8H,3-5,10H2,1-2H3,(H,11,12). The molecule has 0 spiro atoms. The fourth-order valence-electron chi connectivity index (χ4n) is 1.45. The van der Waals surface area contributed by atoms with Gasteiger partial charge in [0.05, 0.1) is 6.10 Å². The molecule has 0 aromatic heterocycles. The van der Waals surface area contributed by atoms with E-state index in [-0.39, 0.29) is 24.2 Å². The number of carbonyl (C=O) groups is 1. The topological polar surface area (TPSA) is 64.4 Å². The number of nitrogens with one attached hydrogen (secondary N) is 1. The second-order valence-corrected chi connectivity index (χ2v) is 3.72. The van der Waals surface area contributed by atoms with Gasteiger partial charge in [0.2, 0.25) is 5.91 Å². The highest BCUT2D eigenvalue weighted by Crippen LogP contribution is 2.18. The Morgan fingerprint density at radius 2 is 2.31 bits per heavy atom. The van der Waals surface area contributed by atoms with E-state index in [0.717, 1.165) is 12.8 Å². The average Bonchev–Trinajstić information content (AvgIpc) is 2.50. The van der Waals surface area contributed by atoms with Crippen LogP contribution >= 0.6 is 0 Å². The van der Waals surface area contributed by atoms with Crippen LogP contribution in [0, 0.1) is 0 Å². The van der Waals surface area contributed by atoms with Crippen LogP contribution in [0.3, 0.4) is 0 Å². The maximum absolute atomic E-state index is 11.4. The number of carbonyl (C=O) groups excluding carboxylic acids is 1. The third kappa shape index (κ3) is 2.97. The molecule has 0 radical (unpaired) electrons. The fraction of sp³-hybridized carbons (Fsp3) is 0.889. The largest absolute Gasteiger partial charge is 0.364 e. The van der Waals surface area contributed by atoms with Crippen LogP contribution in [-0.2, 0) is 9.53 Å². The molecular formula is C9H18N2O2. The van der Waals surface area contributed by atoms with Crippen molar-refractivity contribution in [2.75, 3.05) is 6.54 Å². The number of hydrogen-bond acceptors (Lipinski definition) is 3. The second kappa shape index (κ2) is 4.58. The fourth-order valence-corrected chi connectivity index (χ4v) is 1.45. The number of hydrogen-bond donors (Lipinski definition) is 2. The zero-order valence-electron chi connectivity index (χ0n) is 8.25. The molecule has 1 fully saturated rings. The molecule has 1 heterocycles. The maximum Gasteiger partial charge on any atom is 0.249 e. The smallest absolute Gasteiger partial charge is 0.249 e. The minimum Gasteiger partial charge on any atom is -0.364 e. The van der Waals surface area contributed by atoms with Gasteiger partial charge in [0, 0.05) is 12.6 Å². The molecule has 1 rings (SSSR count). The lowest BCUT2D eigenvalue weighted by atomic mass is 10.2. The van der Waals surface area contributed by atoms with Crippen LogP contribution in [0.1, 0.15) is 26.7 Å². The normalized spacial score (nSPS) is 28.0. The van der Waals surface area contributed by atoms with Crippen molar-refractivity contribution < 1.29 is 9.53 Å². The molecule has 0 bridgehead atoms. The molecule has 76 valence electrons. The van der Waals surface area contributed by atoms with E-state index < -0.39 is 0 Å². The van der Waals surface area contributed by atoms with Crippen molar-refractivity contribution in [1.29, 1.82) is 0 Å². The first-order chi connectivity index (χ1) is 6.13. The van der Waals surface area contributed by atoms with E-state index in [4.69, 9.17) is 10.5 Å². The van der Waals surface area contributed by atoms with E-state index in [9.17, 15) is 4.79 Å². The summed E-state index contributed by atoms with van der Waals surface area (Å²) in [6.07, 6.45) is 1.48. The monoisotopic (exact) mass is 186 g/mol. The van der Waals surface area contributed by atoms with E-state index in [1.165, 1.54) is 0 Å². The van der Waals surface area contributed by atoms with Gasteiger partial charge in [0.15, 0.2) is 0 Å². The number of nitrogens with two attached hydrogens (primary N) is 1. The minimum absolute atomic E-state index is 0.00838. The molecule has 0 aromatic rings. The highest BCUT2D eigenvalue weighted by atomic mass is 16.5. The Balaban J connectivity index is 2.33. The molecule has 0 aliphatic carbocycles. The van der Waals surface area contributed by atoms with Crippen molar-refractivity contribution in [2.24, 2.45) is 5.73 Å². The molecule has 1 aliphatic rings. The molecule has 3 N–H and O–H groups in total. The molecule has 1 amide bonds. The van der Waals surface area contributed by atoms with Crippen LogP contribution in [0.25, 0.3) is 0 Å². The molecule has 4 heteroatoms. The van der Waals surface area contributed by atoms with E-state index in [1.54, 1.807) is 0 Å². The van der Waals surface area contributed by atoms with E-state index in [1.807, 2.05) is 13.8 Å². The van der Waals surface area contributed by atoms with Gasteiger partial charge in [-0.15, -0.1) is 0 Å². The number of rotatable bonds is 3. The lowest BCUT2D eigenvalue weighted by Gasteiger charge is -2.14. The highest BCUT2D eigenvalue weighted by molar-refractivity contribution is 5.81. The summed E-state index contributed by atoms with van der Waals surface area (Å²) in [4.78, 5) is 11.4. The van der Waals surface area contributed by atoms with Crippen molar-refractivity contribution in [2.45, 2.75) is 44.9 Å². The third-order valence-corrected chi connectivity index (χ3v) is 2.09. The Morgan fingerprint density at radius 3 is 2.77 bits per heavy atom. The Kier molecular flexibility index (Phi) is 3.69. The zero-order valence-corrected chi connectivity index (χ0v) is 8.25. The van der Waals surface area contributed by atoms with Crippen LogP contribution < -0.4 is 11.1 Å². The van der Waals surface area contributed by atoms with Gasteiger partial charge in [-0.2, -0.15) is 0 Å². The summed E-state index contributed by atoms with van der Waals surface area (Å²) in [6, 6.07) is 0.174. The first kappa shape index (κ1) is 10.5. The van der Waals surface area contributed by atoms with Gasteiger partial charge in [-0.1, -0.05) is 0 Å². The Hall–Kier alpha value is -0.610.